The average molecular weight is 422 g/mol. The van der Waals surface area contributed by atoms with Crippen molar-refractivity contribution in [2.45, 2.75) is 25.0 Å². The molecule has 1 aromatic heterocycles. The van der Waals surface area contributed by atoms with Crippen LogP contribution in [0.1, 0.15) is 12.0 Å². The van der Waals surface area contributed by atoms with Gasteiger partial charge in [0.2, 0.25) is 5.91 Å². The highest BCUT2D eigenvalue weighted by Crippen LogP contribution is 2.24. The fraction of sp³-hybridized carbons (Fsp3) is 0.348. The van der Waals surface area contributed by atoms with Gasteiger partial charge in [-0.2, -0.15) is 5.26 Å². The monoisotopic (exact) mass is 422 g/mol. The van der Waals surface area contributed by atoms with Crippen LogP contribution in [0.15, 0.2) is 51.7 Å². The molecule has 0 aliphatic heterocycles. The van der Waals surface area contributed by atoms with Gasteiger partial charge in [-0.05, 0) is 42.9 Å². The topological polar surface area (TPSA) is 112 Å². The summed E-state index contributed by atoms with van der Waals surface area (Å²) in [6.45, 7) is 0.380. The molecule has 0 spiro atoms. The van der Waals surface area contributed by atoms with Crippen LogP contribution in [0, 0.1) is 11.3 Å². The maximum Gasteiger partial charge on any atom is 0.419 e. The first-order chi connectivity index (χ1) is 14.8. The van der Waals surface area contributed by atoms with Crippen molar-refractivity contribution >= 4 is 17.0 Å². The third kappa shape index (κ3) is 5.60. The Morgan fingerprint density at radius 3 is 2.55 bits per heavy atom. The molecule has 1 amide bonds. The molecule has 1 heterocycles. The second-order valence-corrected chi connectivity index (χ2v) is 7.88. The molecule has 0 unspecified atom stereocenters. The number of hydrogen-bond donors (Lipinski definition) is 2. The number of aliphatic hydroxyl groups excluding tert-OH is 1. The quantitative estimate of drug-likeness (QED) is 0.571. The number of hydrogen-bond acceptors (Lipinski definition) is 6. The summed E-state index contributed by atoms with van der Waals surface area (Å²) in [5, 5.41) is 22.0. The third-order valence-electron chi connectivity index (χ3n) is 5.01. The summed E-state index contributed by atoms with van der Waals surface area (Å²) >= 11 is 0. The van der Waals surface area contributed by atoms with Crippen molar-refractivity contribution in [2.24, 2.45) is 7.05 Å². The minimum Gasteiger partial charge on any atom is -0.408 e. The van der Waals surface area contributed by atoms with Gasteiger partial charge in [0.1, 0.15) is 6.04 Å². The number of aryl methyl sites for hydroxylation is 1. The number of carbonyl (C=O) groups is 1. The summed E-state index contributed by atoms with van der Waals surface area (Å²) in [6.07, 6.45) is -0.462. The molecule has 162 valence electrons. The molecule has 0 aliphatic rings. The van der Waals surface area contributed by atoms with Crippen LogP contribution in [-0.4, -0.2) is 53.3 Å². The van der Waals surface area contributed by atoms with Crippen LogP contribution in [-0.2, 0) is 18.3 Å². The SMILES string of the molecule is CN(C)C[C@@H](O)CC(=O)N[C@H](C#N)Cc1ccc(-c2ccc3oc(=O)n(C)c3c2)cc1. The molecule has 31 heavy (non-hydrogen) atoms. The van der Waals surface area contributed by atoms with Gasteiger partial charge < -0.3 is 19.7 Å². The van der Waals surface area contributed by atoms with Gasteiger partial charge in [0.15, 0.2) is 5.58 Å². The number of nitriles is 1. The van der Waals surface area contributed by atoms with Gasteiger partial charge in [-0.3, -0.25) is 9.36 Å². The Morgan fingerprint density at radius 1 is 1.23 bits per heavy atom. The molecule has 0 fully saturated rings. The zero-order valence-corrected chi connectivity index (χ0v) is 17.8. The Bertz CT molecular complexity index is 1160. The van der Waals surface area contributed by atoms with Crippen molar-refractivity contribution in [3.63, 3.8) is 0 Å². The zero-order valence-electron chi connectivity index (χ0n) is 17.8. The largest absolute Gasteiger partial charge is 0.419 e. The lowest BCUT2D eigenvalue weighted by atomic mass is 10.0. The van der Waals surface area contributed by atoms with Gasteiger partial charge in [0.25, 0.3) is 0 Å². The first kappa shape index (κ1) is 22.3. The molecule has 2 atom stereocenters. The van der Waals surface area contributed by atoms with E-state index in [1.54, 1.807) is 18.0 Å². The molecular weight excluding hydrogens is 396 g/mol. The highest BCUT2D eigenvalue weighted by molar-refractivity contribution is 5.80. The summed E-state index contributed by atoms with van der Waals surface area (Å²) in [6, 6.07) is 14.7. The van der Waals surface area contributed by atoms with Gasteiger partial charge in [-0.1, -0.05) is 30.3 Å². The minimum atomic E-state index is -0.777. The number of oxazole rings is 1. The summed E-state index contributed by atoms with van der Waals surface area (Å²) in [7, 11) is 5.30. The summed E-state index contributed by atoms with van der Waals surface area (Å²) in [5.74, 6) is -0.752. The van der Waals surface area contributed by atoms with E-state index in [0.717, 1.165) is 22.2 Å². The van der Waals surface area contributed by atoms with Crippen LogP contribution in [0.3, 0.4) is 0 Å². The fourth-order valence-corrected chi connectivity index (χ4v) is 3.46. The first-order valence-electron chi connectivity index (χ1n) is 9.97. The van der Waals surface area contributed by atoms with Crippen molar-refractivity contribution < 1.29 is 14.3 Å². The molecule has 8 heteroatoms. The summed E-state index contributed by atoms with van der Waals surface area (Å²) in [4.78, 5) is 25.6. The number of fused-ring (bicyclic) bond motifs is 1. The van der Waals surface area contributed by atoms with Crippen molar-refractivity contribution in [1.82, 2.24) is 14.8 Å². The van der Waals surface area contributed by atoms with E-state index in [1.165, 1.54) is 4.57 Å². The number of aliphatic hydroxyl groups is 1. The number of likely N-dealkylation sites (N-methyl/N-ethyl adjacent to an activating group) is 1. The van der Waals surface area contributed by atoms with E-state index >= 15 is 0 Å². The zero-order chi connectivity index (χ0) is 22.5. The second-order valence-electron chi connectivity index (χ2n) is 7.88. The smallest absolute Gasteiger partial charge is 0.408 e. The Kier molecular flexibility index (Phi) is 6.90. The predicted octanol–water partition coefficient (Wildman–Crippen LogP) is 1.66. The van der Waals surface area contributed by atoms with Crippen LogP contribution in [0.5, 0.6) is 0 Å². The van der Waals surface area contributed by atoms with E-state index in [-0.39, 0.29) is 12.3 Å². The highest BCUT2D eigenvalue weighted by atomic mass is 16.4. The summed E-state index contributed by atoms with van der Waals surface area (Å²) < 4.78 is 6.62. The van der Waals surface area contributed by atoms with Gasteiger partial charge >= 0.3 is 5.76 Å². The number of rotatable bonds is 8. The number of nitrogens with one attached hydrogen (secondary N) is 1. The minimum absolute atomic E-state index is 0.0473. The Morgan fingerprint density at radius 2 is 1.90 bits per heavy atom. The second kappa shape index (κ2) is 9.60. The Labute approximate surface area is 180 Å². The molecule has 0 aliphatic carbocycles. The lowest BCUT2D eigenvalue weighted by molar-refractivity contribution is -0.123. The van der Waals surface area contributed by atoms with Gasteiger partial charge in [0, 0.05) is 20.0 Å². The number of nitrogens with zero attached hydrogens (tertiary/aromatic N) is 3. The van der Waals surface area contributed by atoms with Crippen molar-refractivity contribution in [3.8, 4) is 17.2 Å². The molecule has 0 radical (unpaired) electrons. The van der Waals surface area contributed by atoms with E-state index in [1.807, 2.05) is 50.5 Å². The number of carbonyl (C=O) groups excluding carboxylic acids is 1. The van der Waals surface area contributed by atoms with E-state index < -0.39 is 17.9 Å². The van der Waals surface area contributed by atoms with Crippen LogP contribution in [0.25, 0.3) is 22.2 Å². The molecule has 8 nitrogen and oxygen atoms in total. The molecule has 3 aromatic rings. The normalized spacial score (nSPS) is 13.2. The van der Waals surface area contributed by atoms with Gasteiger partial charge in [0.05, 0.1) is 24.1 Å². The number of benzene rings is 2. The van der Waals surface area contributed by atoms with Crippen LogP contribution < -0.4 is 11.1 Å². The Balaban J connectivity index is 1.65. The van der Waals surface area contributed by atoms with Gasteiger partial charge in [-0.15, -0.1) is 0 Å². The molecule has 2 aromatic carbocycles. The molecule has 2 N–H and O–H groups in total. The maximum atomic E-state index is 12.1. The maximum absolute atomic E-state index is 12.1. The summed E-state index contributed by atoms with van der Waals surface area (Å²) in [5.41, 5.74) is 4.06. The van der Waals surface area contributed by atoms with Crippen LogP contribution in [0.4, 0.5) is 0 Å². The Hall–Kier alpha value is -3.41. The lowest BCUT2D eigenvalue weighted by Crippen LogP contribution is -2.38. The predicted molar refractivity (Wildman–Crippen MR) is 117 cm³/mol. The fourth-order valence-electron chi connectivity index (χ4n) is 3.46. The van der Waals surface area contributed by atoms with E-state index in [0.29, 0.717) is 18.5 Å². The highest BCUT2D eigenvalue weighted by Gasteiger charge is 2.16. The standard InChI is InChI=1S/C23H26N4O4/c1-26(2)14-19(28)12-22(29)25-18(13-24)10-15-4-6-16(7-5-15)17-8-9-21-20(11-17)27(3)23(30)31-21/h4-9,11,18-19,28H,10,12,14H2,1-3H3,(H,25,29)/t18-,19-/m0/s1. The molecule has 0 saturated carbocycles. The number of amides is 1. The van der Waals surface area contributed by atoms with Gasteiger partial charge in [-0.25, -0.2) is 4.79 Å². The molecular formula is C23H26N4O4. The van der Waals surface area contributed by atoms with E-state index in [4.69, 9.17) is 4.42 Å². The molecule has 0 saturated heterocycles. The van der Waals surface area contributed by atoms with Crippen molar-refractivity contribution in [3.05, 3.63) is 58.6 Å². The molecule has 3 rings (SSSR count). The van der Waals surface area contributed by atoms with Crippen LogP contribution in [0.2, 0.25) is 0 Å². The molecule has 0 bridgehead atoms. The van der Waals surface area contributed by atoms with E-state index in [9.17, 15) is 20.0 Å². The average Bonchev–Trinajstić information content (AvgIpc) is 3.00. The number of aromatic nitrogens is 1. The third-order valence-corrected chi connectivity index (χ3v) is 5.01. The van der Waals surface area contributed by atoms with Crippen LogP contribution >= 0.6 is 0 Å². The lowest BCUT2D eigenvalue weighted by Gasteiger charge is -2.17. The van der Waals surface area contributed by atoms with E-state index in [2.05, 4.69) is 11.4 Å². The van der Waals surface area contributed by atoms with Crippen molar-refractivity contribution in [1.29, 1.82) is 5.26 Å². The van der Waals surface area contributed by atoms with Crippen molar-refractivity contribution in [2.75, 3.05) is 20.6 Å². The first-order valence-corrected chi connectivity index (χ1v) is 9.97.